The van der Waals surface area contributed by atoms with Crippen LogP contribution in [0.4, 0.5) is 5.95 Å². The second kappa shape index (κ2) is 4.94. The summed E-state index contributed by atoms with van der Waals surface area (Å²) in [5.74, 6) is 1.55. The van der Waals surface area contributed by atoms with Gasteiger partial charge in [0.2, 0.25) is 5.95 Å². The molecular weight excluding hydrogens is 296 g/mol. The zero-order valence-electron chi connectivity index (χ0n) is 12.6. The van der Waals surface area contributed by atoms with Gasteiger partial charge in [0.25, 0.3) is 0 Å². The van der Waals surface area contributed by atoms with Crippen molar-refractivity contribution in [3.05, 3.63) is 41.7 Å². The molecule has 0 fully saturated rings. The molecule has 0 bridgehead atoms. The number of nitrogen functional groups attached to an aromatic ring is 1. The summed E-state index contributed by atoms with van der Waals surface area (Å²) in [6.45, 7) is 4.33. The van der Waals surface area contributed by atoms with E-state index in [1.165, 1.54) is 0 Å². The molecule has 8 nitrogen and oxygen atoms in total. The molecular formula is C15H14N6O2. The van der Waals surface area contributed by atoms with Gasteiger partial charge in [0, 0.05) is 5.56 Å². The molecule has 0 unspecified atom stereocenters. The van der Waals surface area contributed by atoms with Crippen molar-refractivity contribution in [2.75, 3.05) is 5.73 Å². The quantitative estimate of drug-likeness (QED) is 0.618. The fraction of sp³-hybridized carbons (Fsp3) is 0.200. The van der Waals surface area contributed by atoms with E-state index in [0.717, 1.165) is 17.0 Å². The van der Waals surface area contributed by atoms with Crippen LogP contribution in [0.15, 0.2) is 33.7 Å². The average Bonchev–Trinajstić information content (AvgIpc) is 3.24. The highest BCUT2D eigenvalue weighted by Crippen LogP contribution is 2.27. The van der Waals surface area contributed by atoms with E-state index >= 15 is 0 Å². The Morgan fingerprint density at radius 1 is 1.26 bits per heavy atom. The average molecular weight is 310 g/mol. The molecule has 0 radical (unpaired) electrons. The second-order valence-electron chi connectivity index (χ2n) is 5.26. The molecule has 0 aliphatic heterocycles. The first-order valence-electron chi connectivity index (χ1n) is 7.07. The van der Waals surface area contributed by atoms with Gasteiger partial charge < -0.3 is 19.2 Å². The monoisotopic (exact) mass is 310 g/mol. The first kappa shape index (κ1) is 13.5. The summed E-state index contributed by atoms with van der Waals surface area (Å²) < 4.78 is 12.5. The Labute approximate surface area is 130 Å². The van der Waals surface area contributed by atoms with E-state index in [0.29, 0.717) is 29.2 Å². The number of nitrogens with zero attached hydrogens (tertiary/aromatic N) is 5. The lowest BCUT2D eigenvalue weighted by molar-refractivity contribution is 0.392. The minimum Gasteiger partial charge on any atom is -0.463 e. The fourth-order valence-corrected chi connectivity index (χ4v) is 2.56. The summed E-state index contributed by atoms with van der Waals surface area (Å²) in [7, 11) is 0. The molecule has 4 aromatic heterocycles. The van der Waals surface area contributed by atoms with Crippen LogP contribution in [-0.4, -0.2) is 24.7 Å². The lowest BCUT2D eigenvalue weighted by Crippen LogP contribution is -2.04. The van der Waals surface area contributed by atoms with Crippen LogP contribution >= 0.6 is 0 Å². The minimum absolute atomic E-state index is 0.171. The van der Waals surface area contributed by atoms with Crippen LogP contribution in [0.1, 0.15) is 17.0 Å². The largest absolute Gasteiger partial charge is 0.463 e. The Bertz CT molecular complexity index is 964. The number of nitrogens with two attached hydrogens (primary N) is 1. The van der Waals surface area contributed by atoms with Crippen molar-refractivity contribution >= 4 is 17.1 Å². The summed E-state index contributed by atoms with van der Waals surface area (Å²) in [5.41, 5.74) is 9.56. The maximum atomic E-state index is 5.86. The fourth-order valence-electron chi connectivity index (χ4n) is 2.56. The SMILES string of the molecule is Cc1noc(C)c1Cn1cnc2c(-c3ccco3)nc(N)nc21. The molecule has 4 heterocycles. The van der Waals surface area contributed by atoms with E-state index in [-0.39, 0.29) is 5.95 Å². The highest BCUT2D eigenvalue weighted by molar-refractivity contribution is 5.86. The number of hydrogen-bond acceptors (Lipinski definition) is 7. The van der Waals surface area contributed by atoms with E-state index < -0.39 is 0 Å². The zero-order valence-corrected chi connectivity index (χ0v) is 12.6. The molecule has 0 saturated carbocycles. The van der Waals surface area contributed by atoms with Gasteiger partial charge in [-0.15, -0.1) is 0 Å². The summed E-state index contributed by atoms with van der Waals surface area (Å²) in [6, 6.07) is 3.61. The summed E-state index contributed by atoms with van der Waals surface area (Å²) in [4.78, 5) is 13.0. The van der Waals surface area contributed by atoms with E-state index in [1.807, 2.05) is 24.5 Å². The molecule has 116 valence electrons. The third kappa shape index (κ3) is 2.15. The highest BCUT2D eigenvalue weighted by Gasteiger charge is 2.17. The van der Waals surface area contributed by atoms with Gasteiger partial charge in [0.05, 0.1) is 24.8 Å². The Morgan fingerprint density at radius 2 is 2.13 bits per heavy atom. The number of hydrogen-bond donors (Lipinski definition) is 1. The molecule has 8 heteroatoms. The van der Waals surface area contributed by atoms with Crippen LogP contribution in [0, 0.1) is 13.8 Å². The van der Waals surface area contributed by atoms with Gasteiger partial charge in [-0.2, -0.15) is 4.98 Å². The molecule has 0 aromatic carbocycles. The zero-order chi connectivity index (χ0) is 16.0. The smallest absolute Gasteiger partial charge is 0.222 e. The number of furan rings is 1. The van der Waals surface area contributed by atoms with Crippen LogP contribution < -0.4 is 5.73 Å². The first-order chi connectivity index (χ1) is 11.1. The van der Waals surface area contributed by atoms with Crippen molar-refractivity contribution in [3.8, 4) is 11.5 Å². The maximum absolute atomic E-state index is 5.86. The molecule has 0 saturated heterocycles. The summed E-state index contributed by atoms with van der Waals surface area (Å²) >= 11 is 0. The third-order valence-electron chi connectivity index (χ3n) is 3.75. The number of aryl methyl sites for hydroxylation is 2. The van der Waals surface area contributed by atoms with Gasteiger partial charge >= 0.3 is 0 Å². The van der Waals surface area contributed by atoms with Crippen molar-refractivity contribution in [1.29, 1.82) is 0 Å². The van der Waals surface area contributed by atoms with Gasteiger partial charge in [-0.05, 0) is 26.0 Å². The minimum atomic E-state index is 0.171. The molecule has 0 aliphatic rings. The standard InChI is InChI=1S/C15H14N6O2/c1-8-10(9(2)23-20-8)6-21-7-17-13-12(11-4-3-5-22-11)18-15(16)19-14(13)21/h3-5,7H,6H2,1-2H3,(H2,16,18,19). The Kier molecular flexibility index (Phi) is 2.90. The van der Waals surface area contributed by atoms with Crippen molar-refractivity contribution in [3.63, 3.8) is 0 Å². The van der Waals surface area contributed by atoms with Crippen LogP contribution in [0.5, 0.6) is 0 Å². The van der Waals surface area contributed by atoms with E-state index in [9.17, 15) is 0 Å². The number of anilines is 1. The number of aromatic nitrogens is 5. The van der Waals surface area contributed by atoms with Gasteiger partial charge in [-0.1, -0.05) is 5.16 Å². The van der Waals surface area contributed by atoms with Crippen LogP contribution in [0.25, 0.3) is 22.6 Å². The topological polar surface area (TPSA) is 109 Å². The Balaban J connectivity index is 1.87. The van der Waals surface area contributed by atoms with Crippen molar-refractivity contribution < 1.29 is 8.94 Å². The van der Waals surface area contributed by atoms with E-state index in [2.05, 4.69) is 20.1 Å². The molecule has 0 spiro atoms. The molecule has 0 amide bonds. The van der Waals surface area contributed by atoms with Gasteiger partial charge in [-0.25, -0.2) is 9.97 Å². The molecule has 23 heavy (non-hydrogen) atoms. The van der Waals surface area contributed by atoms with Gasteiger partial charge in [-0.3, -0.25) is 0 Å². The number of imidazole rings is 1. The number of fused-ring (bicyclic) bond motifs is 1. The highest BCUT2D eigenvalue weighted by atomic mass is 16.5. The predicted molar refractivity (Wildman–Crippen MR) is 82.5 cm³/mol. The van der Waals surface area contributed by atoms with Gasteiger partial charge in [0.15, 0.2) is 11.4 Å². The lowest BCUT2D eigenvalue weighted by atomic mass is 10.2. The van der Waals surface area contributed by atoms with Crippen LogP contribution in [0.2, 0.25) is 0 Å². The first-order valence-corrected chi connectivity index (χ1v) is 7.07. The van der Waals surface area contributed by atoms with Crippen LogP contribution in [-0.2, 0) is 6.54 Å². The predicted octanol–water partition coefficient (Wildman–Crippen LogP) is 2.32. The van der Waals surface area contributed by atoms with E-state index in [4.69, 9.17) is 14.7 Å². The summed E-state index contributed by atoms with van der Waals surface area (Å²) in [5, 5.41) is 3.97. The van der Waals surface area contributed by atoms with Gasteiger partial charge in [0.1, 0.15) is 17.0 Å². The molecule has 0 atom stereocenters. The Morgan fingerprint density at radius 3 is 2.83 bits per heavy atom. The van der Waals surface area contributed by atoms with Crippen molar-refractivity contribution in [2.45, 2.75) is 20.4 Å². The maximum Gasteiger partial charge on any atom is 0.222 e. The van der Waals surface area contributed by atoms with Crippen molar-refractivity contribution in [2.24, 2.45) is 0 Å². The normalized spacial score (nSPS) is 11.4. The molecule has 0 aliphatic carbocycles. The van der Waals surface area contributed by atoms with Crippen molar-refractivity contribution in [1.82, 2.24) is 24.7 Å². The van der Waals surface area contributed by atoms with Crippen LogP contribution in [0.3, 0.4) is 0 Å². The third-order valence-corrected chi connectivity index (χ3v) is 3.75. The lowest BCUT2D eigenvalue weighted by Gasteiger charge is -2.05. The second-order valence-corrected chi connectivity index (χ2v) is 5.26. The number of rotatable bonds is 3. The molecule has 4 aromatic rings. The van der Waals surface area contributed by atoms with E-state index in [1.54, 1.807) is 18.7 Å². The Hall–Kier alpha value is -3.16. The summed E-state index contributed by atoms with van der Waals surface area (Å²) in [6.07, 6.45) is 3.29. The molecule has 4 rings (SSSR count). The molecule has 2 N–H and O–H groups in total.